The Morgan fingerprint density at radius 3 is 2.21 bits per heavy atom. The zero-order valence-corrected chi connectivity index (χ0v) is 24.5. The Balaban J connectivity index is 2.10. The van der Waals surface area contributed by atoms with Crippen molar-refractivity contribution in [2.24, 2.45) is 22.2 Å². The van der Waals surface area contributed by atoms with Crippen LogP contribution >= 0.6 is 0 Å². The van der Waals surface area contributed by atoms with Gasteiger partial charge in [0.05, 0.1) is 5.41 Å². The third-order valence-electron chi connectivity index (χ3n) is 9.38. The molecule has 1 aromatic carbocycles. The highest BCUT2D eigenvalue weighted by Gasteiger charge is 2.76. The zero-order valence-electron chi connectivity index (χ0n) is 24.5. The summed E-state index contributed by atoms with van der Waals surface area (Å²) >= 11 is 0. The molecule has 4 rings (SSSR count). The van der Waals surface area contributed by atoms with Gasteiger partial charge in [-0.3, -0.25) is 19.6 Å². The molecule has 3 aliphatic rings. The molecule has 1 heterocycles. The molecule has 2 aliphatic carbocycles. The average Bonchev–Trinajstić information content (AvgIpc) is 2.86. The van der Waals surface area contributed by atoms with Crippen molar-refractivity contribution >= 4 is 17.3 Å². The van der Waals surface area contributed by atoms with E-state index >= 15 is 4.79 Å². The summed E-state index contributed by atoms with van der Waals surface area (Å²) in [6.45, 7) is 15.4. The fourth-order valence-electron chi connectivity index (χ4n) is 6.91. The maximum Gasteiger partial charge on any atom is 0.184 e. The minimum Gasteiger partial charge on any atom is -0.488 e. The normalized spacial score (nSPS) is 30.7. The molecule has 4 atom stereocenters. The van der Waals surface area contributed by atoms with Crippen molar-refractivity contribution in [3.63, 3.8) is 0 Å². The van der Waals surface area contributed by atoms with Crippen LogP contribution in [0.1, 0.15) is 91.4 Å². The van der Waals surface area contributed by atoms with E-state index in [-0.39, 0.29) is 23.7 Å². The van der Waals surface area contributed by atoms with Crippen LogP contribution in [0.15, 0.2) is 65.0 Å². The molecule has 1 aromatic rings. The molecule has 0 radical (unpaired) electrons. The third-order valence-corrected chi connectivity index (χ3v) is 9.38. The number of hydrogen-bond acceptors (Lipinski definition) is 6. The van der Waals surface area contributed by atoms with Gasteiger partial charge in [0.15, 0.2) is 22.8 Å². The number of benzene rings is 1. The Bertz CT molecular complexity index is 1270. The lowest BCUT2D eigenvalue weighted by molar-refractivity contribution is -0.317. The molecule has 0 aromatic heterocycles. The third kappa shape index (κ3) is 4.27. The van der Waals surface area contributed by atoms with Gasteiger partial charge in [0.25, 0.3) is 0 Å². The van der Waals surface area contributed by atoms with E-state index in [2.05, 4.69) is 6.08 Å². The van der Waals surface area contributed by atoms with E-state index in [4.69, 9.17) is 9.62 Å². The first kappa shape index (κ1) is 29.2. The first-order chi connectivity index (χ1) is 18.2. The molecule has 1 N–H and O–H groups in total. The summed E-state index contributed by atoms with van der Waals surface area (Å²) in [5.41, 5.74) is -2.32. The molecule has 0 saturated heterocycles. The second-order valence-corrected chi connectivity index (χ2v) is 13.1. The lowest BCUT2D eigenvalue weighted by Crippen LogP contribution is -2.71. The van der Waals surface area contributed by atoms with Crippen LogP contribution in [0.2, 0.25) is 0 Å². The number of carbonyl (C=O) groups is 3. The van der Waals surface area contributed by atoms with Gasteiger partial charge in [0.1, 0.15) is 17.5 Å². The van der Waals surface area contributed by atoms with Crippen LogP contribution in [-0.2, 0) is 19.2 Å². The molecular formula is C33H42O6. The average molecular weight is 535 g/mol. The monoisotopic (exact) mass is 534 g/mol. The second-order valence-electron chi connectivity index (χ2n) is 13.1. The number of hydrogen-bond donors (Lipinski definition) is 1. The predicted molar refractivity (Wildman–Crippen MR) is 150 cm³/mol. The predicted octanol–water partition coefficient (Wildman–Crippen LogP) is 7.06. The molecule has 39 heavy (non-hydrogen) atoms. The minimum absolute atomic E-state index is 0.0556. The summed E-state index contributed by atoms with van der Waals surface area (Å²) in [5.74, 6) is -1.16. The van der Waals surface area contributed by atoms with Crippen molar-refractivity contribution in [1.82, 2.24) is 0 Å². The van der Waals surface area contributed by atoms with Gasteiger partial charge < -0.3 is 4.74 Å². The summed E-state index contributed by atoms with van der Waals surface area (Å²) in [6, 6.07) is 8.66. The highest BCUT2D eigenvalue weighted by atomic mass is 17.1. The van der Waals surface area contributed by atoms with Crippen molar-refractivity contribution in [2.75, 3.05) is 0 Å². The molecule has 0 amide bonds. The Labute approximate surface area is 232 Å². The molecular weight excluding hydrogens is 492 g/mol. The number of Topliss-reactive ketones (excluding diaryl/α,β-unsaturated/α-hetero) is 3. The molecule has 2 unspecified atom stereocenters. The summed E-state index contributed by atoms with van der Waals surface area (Å²) in [5, 5.41) is 9.75. The van der Waals surface area contributed by atoms with Crippen molar-refractivity contribution < 1.29 is 29.3 Å². The van der Waals surface area contributed by atoms with Crippen LogP contribution in [0.4, 0.5) is 0 Å². The highest BCUT2D eigenvalue weighted by molar-refractivity contribution is 6.36. The van der Waals surface area contributed by atoms with Gasteiger partial charge in [0, 0.05) is 17.6 Å². The van der Waals surface area contributed by atoms with E-state index in [1.54, 1.807) is 38.1 Å². The molecule has 1 saturated carbocycles. The SMILES string of the molecule is CC(C)=CCC1C[C@@]2(CC=C(C)C)C(=O)[C@](C(=O)c3ccccc3)(C(=O)C3=C2OC(C)(C)C(OO)C3)C1(C)C. The Morgan fingerprint density at radius 2 is 1.64 bits per heavy atom. The van der Waals surface area contributed by atoms with Crippen molar-refractivity contribution in [3.8, 4) is 0 Å². The van der Waals surface area contributed by atoms with Crippen molar-refractivity contribution in [1.29, 1.82) is 0 Å². The van der Waals surface area contributed by atoms with Crippen LogP contribution in [0.5, 0.6) is 0 Å². The van der Waals surface area contributed by atoms with E-state index in [1.807, 2.05) is 53.7 Å². The summed E-state index contributed by atoms with van der Waals surface area (Å²) in [7, 11) is 0. The number of allylic oxidation sites excluding steroid dienone is 5. The number of ketones is 3. The Kier molecular flexibility index (Phi) is 7.46. The van der Waals surface area contributed by atoms with Gasteiger partial charge in [-0.15, -0.1) is 0 Å². The lowest BCUT2D eigenvalue weighted by Gasteiger charge is -2.61. The van der Waals surface area contributed by atoms with E-state index < -0.39 is 39.5 Å². The molecule has 2 bridgehead atoms. The first-order valence-electron chi connectivity index (χ1n) is 13.9. The smallest absolute Gasteiger partial charge is 0.184 e. The molecule has 0 spiro atoms. The maximum atomic E-state index is 15.1. The Hall–Kier alpha value is -2.83. The zero-order chi connectivity index (χ0) is 29.0. The number of rotatable bonds is 7. The summed E-state index contributed by atoms with van der Waals surface area (Å²) in [4.78, 5) is 49.4. The van der Waals surface area contributed by atoms with Crippen LogP contribution in [0.3, 0.4) is 0 Å². The van der Waals surface area contributed by atoms with Gasteiger partial charge in [-0.25, -0.2) is 4.89 Å². The summed E-state index contributed by atoms with van der Waals surface area (Å²) < 4.78 is 6.51. The standard InChI is InChI=1S/C33H42O6/c1-20(2)14-15-23-19-32(17-16-21(3)4)28-24(18-25(39-37)31(7,8)38-28)27(35)33(29(32)36,30(23,5)6)26(34)22-12-10-9-11-13-22/h9-14,16,23,25,37H,15,17-19H2,1-8H3/t23?,25?,32-,33+/m1/s1. The first-order valence-corrected chi connectivity index (χ1v) is 13.9. The fraction of sp³-hybridized carbons (Fsp3) is 0.545. The van der Waals surface area contributed by atoms with E-state index in [0.717, 1.165) is 11.1 Å². The lowest BCUT2D eigenvalue weighted by atomic mass is 9.39. The van der Waals surface area contributed by atoms with E-state index in [0.29, 0.717) is 30.6 Å². The Morgan fingerprint density at radius 1 is 1.03 bits per heavy atom. The van der Waals surface area contributed by atoms with Crippen molar-refractivity contribution in [2.45, 2.75) is 92.8 Å². The molecule has 1 aliphatic heterocycles. The van der Waals surface area contributed by atoms with Gasteiger partial charge in [-0.05, 0) is 72.1 Å². The molecule has 6 heteroatoms. The highest BCUT2D eigenvalue weighted by Crippen LogP contribution is 2.67. The number of ether oxygens (including phenoxy) is 1. The van der Waals surface area contributed by atoms with E-state index in [1.165, 1.54) is 0 Å². The van der Waals surface area contributed by atoms with Gasteiger partial charge in [-0.2, -0.15) is 0 Å². The van der Waals surface area contributed by atoms with Crippen LogP contribution in [-0.4, -0.2) is 34.3 Å². The number of carbonyl (C=O) groups excluding carboxylic acids is 3. The topological polar surface area (TPSA) is 89.9 Å². The fourth-order valence-corrected chi connectivity index (χ4v) is 6.91. The molecule has 210 valence electrons. The minimum atomic E-state index is -1.94. The molecule has 1 fully saturated rings. The number of fused-ring (bicyclic) bond motifs is 3. The molecule has 6 nitrogen and oxygen atoms in total. The van der Waals surface area contributed by atoms with Gasteiger partial charge in [0.2, 0.25) is 0 Å². The maximum absolute atomic E-state index is 15.1. The van der Waals surface area contributed by atoms with Crippen LogP contribution in [0, 0.1) is 22.2 Å². The van der Waals surface area contributed by atoms with Crippen LogP contribution in [0.25, 0.3) is 0 Å². The second kappa shape index (κ2) is 9.97. The van der Waals surface area contributed by atoms with E-state index in [9.17, 15) is 14.8 Å². The largest absolute Gasteiger partial charge is 0.488 e. The van der Waals surface area contributed by atoms with Gasteiger partial charge >= 0.3 is 0 Å². The summed E-state index contributed by atoms with van der Waals surface area (Å²) in [6.07, 6.45) is 4.77. The quantitative estimate of drug-likeness (QED) is 0.132. The van der Waals surface area contributed by atoms with Crippen molar-refractivity contribution in [3.05, 3.63) is 70.5 Å². The van der Waals surface area contributed by atoms with Crippen LogP contribution < -0.4 is 0 Å². The van der Waals surface area contributed by atoms with Gasteiger partial charge in [-0.1, -0.05) is 67.5 Å².